The number of rotatable bonds is 8. The van der Waals surface area contributed by atoms with Gasteiger partial charge in [0.25, 0.3) is 0 Å². The molecule has 0 aromatic heterocycles. The molecule has 1 aliphatic heterocycles. The maximum Gasteiger partial charge on any atom is 0.186 e. The van der Waals surface area contributed by atoms with Crippen molar-refractivity contribution in [3.8, 4) is 0 Å². The molecule has 1 rings (SSSR count). The molecule has 0 aliphatic carbocycles. The summed E-state index contributed by atoms with van der Waals surface area (Å²) >= 11 is 0. The van der Waals surface area contributed by atoms with Crippen LogP contribution in [0.3, 0.4) is 0 Å². The summed E-state index contributed by atoms with van der Waals surface area (Å²) in [7, 11) is 0. The van der Waals surface area contributed by atoms with Crippen molar-refractivity contribution in [1.82, 2.24) is 0 Å². The van der Waals surface area contributed by atoms with Gasteiger partial charge in [-0.2, -0.15) is 0 Å². The van der Waals surface area contributed by atoms with E-state index in [9.17, 15) is 20.4 Å². The number of ether oxygens (including phenoxy) is 2. The van der Waals surface area contributed by atoms with Crippen molar-refractivity contribution in [2.45, 2.75) is 55.8 Å². The molecule has 7 atom stereocenters. The molecule has 21 heavy (non-hydrogen) atoms. The van der Waals surface area contributed by atoms with E-state index in [0.29, 0.717) is 0 Å². The molecule has 9 nitrogen and oxygen atoms in total. The molecule has 0 saturated carbocycles. The Labute approximate surface area is 122 Å². The van der Waals surface area contributed by atoms with Gasteiger partial charge in [-0.15, -0.1) is 0 Å². The molecule has 1 heterocycles. The molecule has 9 heteroatoms. The van der Waals surface area contributed by atoms with Crippen LogP contribution in [0.15, 0.2) is 0 Å². The number of aliphatic hydroxyl groups excluding tert-OH is 7. The van der Waals surface area contributed by atoms with Crippen LogP contribution >= 0.6 is 0 Å². The lowest BCUT2D eigenvalue weighted by Gasteiger charge is -2.38. The summed E-state index contributed by atoms with van der Waals surface area (Å²) in [6, 6.07) is 0. The highest BCUT2D eigenvalue weighted by molar-refractivity contribution is 4.83. The normalized spacial score (nSPS) is 34.4. The van der Waals surface area contributed by atoms with Crippen molar-refractivity contribution in [3.63, 3.8) is 0 Å². The van der Waals surface area contributed by atoms with E-state index in [1.54, 1.807) is 0 Å². The van der Waals surface area contributed by atoms with Crippen molar-refractivity contribution >= 4 is 0 Å². The molecule has 1 fully saturated rings. The Morgan fingerprint density at radius 1 is 1.10 bits per heavy atom. The Hall–Kier alpha value is -0.360. The maximum atomic E-state index is 9.81. The van der Waals surface area contributed by atoms with Crippen LogP contribution < -0.4 is 0 Å². The second-order valence-corrected chi connectivity index (χ2v) is 5.10. The van der Waals surface area contributed by atoms with E-state index in [4.69, 9.17) is 24.8 Å². The van der Waals surface area contributed by atoms with E-state index in [1.165, 1.54) is 0 Å². The van der Waals surface area contributed by atoms with Crippen LogP contribution in [0.4, 0.5) is 0 Å². The Kier molecular flexibility index (Phi) is 7.95. The van der Waals surface area contributed by atoms with Gasteiger partial charge in [-0.1, -0.05) is 0 Å². The smallest absolute Gasteiger partial charge is 0.186 e. The first-order valence-corrected chi connectivity index (χ1v) is 6.78. The molecule has 0 bridgehead atoms. The van der Waals surface area contributed by atoms with E-state index in [0.717, 1.165) is 0 Å². The topological polar surface area (TPSA) is 160 Å². The summed E-state index contributed by atoms with van der Waals surface area (Å²) in [4.78, 5) is 0. The Morgan fingerprint density at radius 2 is 1.76 bits per heavy atom. The van der Waals surface area contributed by atoms with Gasteiger partial charge in [-0.25, -0.2) is 0 Å². The fraction of sp³-hybridized carbons (Fsp3) is 1.00. The SMILES string of the molecule is OCC(O)CC(O[C@@H]1OC(CO)C[C@H](O)C1O)C(O)CO. The Morgan fingerprint density at radius 3 is 2.29 bits per heavy atom. The second kappa shape index (κ2) is 8.93. The minimum atomic E-state index is -1.40. The summed E-state index contributed by atoms with van der Waals surface area (Å²) in [5, 5.41) is 65.4. The monoisotopic (exact) mass is 312 g/mol. The predicted molar refractivity (Wildman–Crippen MR) is 68.1 cm³/mol. The van der Waals surface area contributed by atoms with Crippen LogP contribution in [-0.2, 0) is 9.47 Å². The summed E-state index contributed by atoms with van der Waals surface area (Å²) in [5.74, 6) is 0. The lowest BCUT2D eigenvalue weighted by atomic mass is 10.0. The van der Waals surface area contributed by atoms with Crippen LogP contribution in [0.1, 0.15) is 12.8 Å². The number of hydrogen-bond acceptors (Lipinski definition) is 9. The standard InChI is InChI=1S/C12H24O9/c13-3-6(16)1-10(9(18)5-15)21-12-11(19)8(17)2-7(4-14)20-12/h6-19H,1-5H2/t6?,7?,8-,9?,10?,11?,12-/m0/s1. The van der Waals surface area contributed by atoms with Gasteiger partial charge < -0.3 is 45.2 Å². The predicted octanol–water partition coefficient (Wildman–Crippen LogP) is -3.70. The molecule has 0 radical (unpaired) electrons. The van der Waals surface area contributed by atoms with Crippen molar-refractivity contribution in [1.29, 1.82) is 0 Å². The molecule has 5 unspecified atom stereocenters. The molecular weight excluding hydrogens is 288 g/mol. The highest BCUT2D eigenvalue weighted by Gasteiger charge is 2.39. The summed E-state index contributed by atoms with van der Waals surface area (Å²) in [6.45, 7) is -1.60. The zero-order valence-corrected chi connectivity index (χ0v) is 11.5. The van der Waals surface area contributed by atoms with Crippen molar-refractivity contribution in [2.24, 2.45) is 0 Å². The average Bonchev–Trinajstić information content (AvgIpc) is 2.49. The van der Waals surface area contributed by atoms with E-state index in [1.807, 2.05) is 0 Å². The van der Waals surface area contributed by atoms with Crippen LogP contribution in [0.5, 0.6) is 0 Å². The molecule has 0 aromatic rings. The van der Waals surface area contributed by atoms with Gasteiger partial charge in [0.1, 0.15) is 12.2 Å². The summed E-state index contributed by atoms with van der Waals surface area (Å²) in [5.41, 5.74) is 0. The zero-order valence-electron chi connectivity index (χ0n) is 11.5. The van der Waals surface area contributed by atoms with Crippen molar-refractivity contribution < 1.29 is 45.2 Å². The summed E-state index contributed by atoms with van der Waals surface area (Å²) in [6.07, 6.45) is -8.48. The quantitative estimate of drug-likeness (QED) is 0.239. The van der Waals surface area contributed by atoms with E-state index < -0.39 is 56.1 Å². The maximum absolute atomic E-state index is 9.81. The fourth-order valence-corrected chi connectivity index (χ4v) is 2.08. The Bertz CT molecular complexity index is 288. The van der Waals surface area contributed by atoms with Gasteiger partial charge in [0.05, 0.1) is 44.2 Å². The van der Waals surface area contributed by atoms with Gasteiger partial charge in [0.2, 0.25) is 0 Å². The van der Waals surface area contributed by atoms with Crippen molar-refractivity contribution in [3.05, 3.63) is 0 Å². The van der Waals surface area contributed by atoms with Crippen LogP contribution in [-0.4, -0.2) is 98.5 Å². The van der Waals surface area contributed by atoms with Gasteiger partial charge >= 0.3 is 0 Å². The van der Waals surface area contributed by atoms with Gasteiger partial charge in [-0.05, 0) is 0 Å². The molecule has 7 N–H and O–H groups in total. The molecule has 0 aromatic carbocycles. The lowest BCUT2D eigenvalue weighted by Crippen LogP contribution is -2.53. The largest absolute Gasteiger partial charge is 0.394 e. The molecule has 0 spiro atoms. The van der Waals surface area contributed by atoms with Crippen LogP contribution in [0.2, 0.25) is 0 Å². The minimum absolute atomic E-state index is 0.0318. The molecule has 126 valence electrons. The van der Waals surface area contributed by atoms with Crippen LogP contribution in [0, 0.1) is 0 Å². The first kappa shape index (κ1) is 18.7. The van der Waals surface area contributed by atoms with Crippen molar-refractivity contribution in [2.75, 3.05) is 19.8 Å². The zero-order chi connectivity index (χ0) is 16.0. The third-order valence-corrected chi connectivity index (χ3v) is 3.35. The fourth-order valence-electron chi connectivity index (χ4n) is 2.08. The van der Waals surface area contributed by atoms with Crippen LogP contribution in [0.25, 0.3) is 0 Å². The van der Waals surface area contributed by atoms with E-state index >= 15 is 0 Å². The third-order valence-electron chi connectivity index (χ3n) is 3.35. The second-order valence-electron chi connectivity index (χ2n) is 5.10. The van der Waals surface area contributed by atoms with Gasteiger partial charge in [0.15, 0.2) is 6.29 Å². The highest BCUT2D eigenvalue weighted by Crippen LogP contribution is 2.24. The first-order chi connectivity index (χ1) is 9.92. The molecular formula is C12H24O9. The van der Waals surface area contributed by atoms with E-state index in [-0.39, 0.29) is 19.4 Å². The number of aliphatic hydroxyl groups is 7. The lowest BCUT2D eigenvalue weighted by molar-refractivity contribution is -0.295. The van der Waals surface area contributed by atoms with Gasteiger partial charge in [-0.3, -0.25) is 0 Å². The highest BCUT2D eigenvalue weighted by atomic mass is 16.7. The molecule has 0 amide bonds. The minimum Gasteiger partial charge on any atom is -0.394 e. The average molecular weight is 312 g/mol. The molecule has 1 aliphatic rings. The number of hydrogen-bond donors (Lipinski definition) is 7. The van der Waals surface area contributed by atoms with E-state index in [2.05, 4.69) is 0 Å². The third kappa shape index (κ3) is 5.40. The van der Waals surface area contributed by atoms with Gasteiger partial charge in [0, 0.05) is 12.8 Å². The Balaban J connectivity index is 2.70. The first-order valence-electron chi connectivity index (χ1n) is 6.78. The molecule has 1 saturated heterocycles. The summed E-state index contributed by atoms with van der Waals surface area (Å²) < 4.78 is 10.5.